The normalized spacial score (nSPS) is 12.8. The zero-order valence-electron chi connectivity index (χ0n) is 14.8. The number of carbonyl (C=O) groups is 1. The van der Waals surface area contributed by atoms with Gasteiger partial charge in [-0.05, 0) is 42.9 Å². The molecule has 0 aromatic heterocycles. The summed E-state index contributed by atoms with van der Waals surface area (Å²) in [6.07, 6.45) is 0. The number of amides is 1. The molecule has 1 N–H and O–H groups in total. The number of nitrogens with zero attached hydrogens (tertiary/aromatic N) is 1. The molecule has 2 aromatic rings. The van der Waals surface area contributed by atoms with E-state index in [4.69, 9.17) is 25.8 Å². The molecule has 0 fully saturated rings. The summed E-state index contributed by atoms with van der Waals surface area (Å²) in [5.41, 5.74) is 1.60. The molecule has 0 unspecified atom stereocenters. The third-order valence-corrected chi connectivity index (χ3v) is 4.14. The summed E-state index contributed by atoms with van der Waals surface area (Å²) in [7, 11) is 3.43. The molecule has 0 spiro atoms. The van der Waals surface area contributed by atoms with Crippen molar-refractivity contribution in [1.82, 2.24) is 4.90 Å². The number of anilines is 1. The van der Waals surface area contributed by atoms with Crippen molar-refractivity contribution < 1.29 is 19.0 Å². The summed E-state index contributed by atoms with van der Waals surface area (Å²) in [5.74, 6) is 1.92. The molecule has 1 heterocycles. The van der Waals surface area contributed by atoms with Crippen molar-refractivity contribution in [1.29, 1.82) is 0 Å². The van der Waals surface area contributed by atoms with Crippen LogP contribution in [0.25, 0.3) is 0 Å². The first-order chi connectivity index (χ1) is 12.5. The fourth-order valence-corrected chi connectivity index (χ4v) is 2.94. The molecule has 1 aliphatic heterocycles. The van der Waals surface area contributed by atoms with Gasteiger partial charge in [-0.15, -0.1) is 0 Å². The summed E-state index contributed by atoms with van der Waals surface area (Å²) in [5, 5.41) is 3.37. The highest BCUT2D eigenvalue weighted by molar-refractivity contribution is 6.31. The van der Waals surface area contributed by atoms with Gasteiger partial charge >= 0.3 is 0 Å². The van der Waals surface area contributed by atoms with Crippen LogP contribution in [0, 0.1) is 0 Å². The molecule has 2 aromatic carbocycles. The lowest BCUT2D eigenvalue weighted by molar-refractivity contribution is -0.117. The molecule has 1 aliphatic rings. The van der Waals surface area contributed by atoms with E-state index in [9.17, 15) is 4.79 Å². The number of ether oxygens (including phenoxy) is 3. The topological polar surface area (TPSA) is 60.0 Å². The van der Waals surface area contributed by atoms with E-state index >= 15 is 0 Å². The van der Waals surface area contributed by atoms with Crippen LogP contribution in [0.1, 0.15) is 5.56 Å². The van der Waals surface area contributed by atoms with Crippen molar-refractivity contribution in [2.24, 2.45) is 0 Å². The van der Waals surface area contributed by atoms with Crippen molar-refractivity contribution >= 4 is 23.2 Å². The highest BCUT2D eigenvalue weighted by Gasteiger charge is 2.14. The average Bonchev–Trinajstić information content (AvgIpc) is 2.61. The predicted octanol–water partition coefficient (Wildman–Crippen LogP) is 3.19. The third-order valence-electron chi connectivity index (χ3n) is 3.91. The smallest absolute Gasteiger partial charge is 0.238 e. The van der Waals surface area contributed by atoms with Crippen LogP contribution in [0.5, 0.6) is 17.2 Å². The standard InChI is InChI=1S/C19H21ClN2O4/c1-22(11-13-3-5-17-18(9-13)26-8-7-25-17)12-19(23)21-15-10-14(20)4-6-16(15)24-2/h3-6,9-10H,7-8,11-12H2,1-2H3,(H,21,23). The molecule has 0 saturated carbocycles. The van der Waals surface area contributed by atoms with E-state index < -0.39 is 0 Å². The van der Waals surface area contributed by atoms with Gasteiger partial charge in [0.2, 0.25) is 5.91 Å². The maximum absolute atomic E-state index is 12.3. The molecule has 7 heteroatoms. The molecule has 0 bridgehead atoms. The Labute approximate surface area is 157 Å². The van der Waals surface area contributed by atoms with Gasteiger partial charge in [0.15, 0.2) is 11.5 Å². The van der Waals surface area contributed by atoms with E-state index in [1.54, 1.807) is 25.3 Å². The number of nitrogens with one attached hydrogen (secondary N) is 1. The zero-order chi connectivity index (χ0) is 18.5. The van der Waals surface area contributed by atoms with Crippen molar-refractivity contribution in [2.45, 2.75) is 6.54 Å². The molecule has 0 aliphatic carbocycles. The molecule has 0 atom stereocenters. The summed E-state index contributed by atoms with van der Waals surface area (Å²) < 4.78 is 16.4. The Bertz CT molecular complexity index is 797. The number of halogens is 1. The summed E-state index contributed by atoms with van der Waals surface area (Å²) in [6, 6.07) is 10.9. The van der Waals surface area contributed by atoms with Crippen LogP contribution in [0.2, 0.25) is 5.02 Å². The van der Waals surface area contributed by atoms with Gasteiger partial charge < -0.3 is 19.5 Å². The molecular formula is C19H21ClN2O4. The van der Waals surface area contributed by atoms with E-state index in [0.29, 0.717) is 36.2 Å². The minimum absolute atomic E-state index is 0.148. The van der Waals surface area contributed by atoms with Crippen molar-refractivity contribution in [3.05, 3.63) is 47.0 Å². The number of fused-ring (bicyclic) bond motifs is 1. The van der Waals surface area contributed by atoms with Crippen molar-refractivity contribution in [2.75, 3.05) is 39.2 Å². The lowest BCUT2D eigenvalue weighted by atomic mass is 10.2. The number of rotatable bonds is 6. The first kappa shape index (κ1) is 18.4. The Balaban J connectivity index is 1.58. The predicted molar refractivity (Wildman–Crippen MR) is 100 cm³/mol. The number of benzene rings is 2. The number of hydrogen-bond donors (Lipinski definition) is 1. The quantitative estimate of drug-likeness (QED) is 0.839. The third kappa shape index (κ3) is 4.59. The van der Waals surface area contributed by atoms with E-state index in [-0.39, 0.29) is 12.5 Å². The molecular weight excluding hydrogens is 356 g/mol. The maximum Gasteiger partial charge on any atom is 0.238 e. The molecule has 138 valence electrons. The van der Waals surface area contributed by atoms with Gasteiger partial charge in [0.1, 0.15) is 19.0 Å². The fraction of sp³-hybridized carbons (Fsp3) is 0.316. The Morgan fingerprint density at radius 1 is 1.19 bits per heavy atom. The second-order valence-electron chi connectivity index (χ2n) is 6.04. The highest BCUT2D eigenvalue weighted by atomic mass is 35.5. The Kier molecular flexibility index (Phi) is 5.85. The lowest BCUT2D eigenvalue weighted by Crippen LogP contribution is -2.30. The average molecular weight is 377 g/mol. The van der Waals surface area contributed by atoms with Gasteiger partial charge in [-0.3, -0.25) is 9.69 Å². The Morgan fingerprint density at radius 2 is 1.96 bits per heavy atom. The molecule has 6 nitrogen and oxygen atoms in total. The summed E-state index contributed by atoms with van der Waals surface area (Å²) in [4.78, 5) is 14.2. The summed E-state index contributed by atoms with van der Waals surface area (Å²) >= 11 is 5.99. The monoisotopic (exact) mass is 376 g/mol. The first-order valence-electron chi connectivity index (χ1n) is 8.25. The molecule has 3 rings (SSSR count). The van der Waals surface area contributed by atoms with Gasteiger partial charge in [0.25, 0.3) is 0 Å². The van der Waals surface area contributed by atoms with Crippen LogP contribution in [0.15, 0.2) is 36.4 Å². The lowest BCUT2D eigenvalue weighted by Gasteiger charge is -2.21. The van der Waals surface area contributed by atoms with Crippen LogP contribution in [0.3, 0.4) is 0 Å². The highest BCUT2D eigenvalue weighted by Crippen LogP contribution is 2.31. The zero-order valence-corrected chi connectivity index (χ0v) is 15.5. The second-order valence-corrected chi connectivity index (χ2v) is 6.48. The van der Waals surface area contributed by atoms with E-state index in [1.807, 2.05) is 30.1 Å². The van der Waals surface area contributed by atoms with Crippen LogP contribution in [-0.4, -0.2) is 44.7 Å². The van der Waals surface area contributed by atoms with Crippen molar-refractivity contribution in [3.63, 3.8) is 0 Å². The number of hydrogen-bond acceptors (Lipinski definition) is 5. The van der Waals surface area contributed by atoms with Crippen molar-refractivity contribution in [3.8, 4) is 17.2 Å². The minimum atomic E-state index is -0.148. The molecule has 0 radical (unpaired) electrons. The number of likely N-dealkylation sites (N-methyl/N-ethyl adjacent to an activating group) is 1. The van der Waals surface area contributed by atoms with Crippen LogP contribution in [0.4, 0.5) is 5.69 Å². The second kappa shape index (κ2) is 8.29. The SMILES string of the molecule is COc1ccc(Cl)cc1NC(=O)CN(C)Cc1ccc2c(c1)OCCO2. The van der Waals surface area contributed by atoms with Crippen LogP contribution in [-0.2, 0) is 11.3 Å². The number of methoxy groups -OCH3 is 1. The number of carbonyl (C=O) groups excluding carboxylic acids is 1. The first-order valence-corrected chi connectivity index (χ1v) is 8.63. The maximum atomic E-state index is 12.3. The molecule has 0 saturated heterocycles. The van der Waals surface area contributed by atoms with Gasteiger partial charge in [0.05, 0.1) is 19.3 Å². The van der Waals surface area contributed by atoms with Gasteiger partial charge in [-0.25, -0.2) is 0 Å². The Morgan fingerprint density at radius 3 is 2.73 bits per heavy atom. The van der Waals surface area contributed by atoms with Crippen LogP contribution >= 0.6 is 11.6 Å². The fourth-order valence-electron chi connectivity index (χ4n) is 2.77. The van der Waals surface area contributed by atoms with Gasteiger partial charge in [-0.2, -0.15) is 0 Å². The van der Waals surface area contributed by atoms with Gasteiger partial charge in [-0.1, -0.05) is 17.7 Å². The van der Waals surface area contributed by atoms with Crippen LogP contribution < -0.4 is 19.5 Å². The Hall–Kier alpha value is -2.44. The van der Waals surface area contributed by atoms with Gasteiger partial charge in [0, 0.05) is 11.6 Å². The van der Waals surface area contributed by atoms with E-state index in [2.05, 4.69) is 5.32 Å². The minimum Gasteiger partial charge on any atom is -0.495 e. The molecule has 26 heavy (non-hydrogen) atoms. The van der Waals surface area contributed by atoms with E-state index in [1.165, 1.54) is 0 Å². The molecule has 1 amide bonds. The summed E-state index contributed by atoms with van der Waals surface area (Å²) in [6.45, 7) is 1.95. The van der Waals surface area contributed by atoms with E-state index in [0.717, 1.165) is 17.1 Å². The largest absolute Gasteiger partial charge is 0.495 e.